The van der Waals surface area contributed by atoms with Crippen molar-refractivity contribution < 1.29 is 0 Å². The van der Waals surface area contributed by atoms with E-state index in [1.165, 1.54) is 0 Å². The van der Waals surface area contributed by atoms with Gasteiger partial charge >= 0.3 is 128 Å². The van der Waals surface area contributed by atoms with E-state index in [4.69, 9.17) is 0 Å². The first-order valence-corrected chi connectivity index (χ1v) is 67.9. The molecule has 0 saturated carbocycles. The minimum absolute atomic E-state index is 0.633. The second-order valence-electron chi connectivity index (χ2n) is 9.78. The van der Waals surface area contributed by atoms with Crippen molar-refractivity contribution in [3.8, 4) is 0 Å². The average molecular weight is 1550 g/mol. The van der Waals surface area contributed by atoms with E-state index < -0.39 is 30.5 Å². The predicted octanol–water partition coefficient (Wildman–Crippen LogP) is 12.4. The average Bonchev–Trinajstić information content (AvgIpc) is 3.13. The fraction of sp³-hybridized carbons (Fsp3) is 0. The van der Waals surface area contributed by atoms with Crippen LogP contribution in [-0.2, 0) is 0 Å². The molecular formula is C36H32I6N2P2Sn2. The van der Waals surface area contributed by atoms with Gasteiger partial charge in [0.25, 0.3) is 0 Å². The largest absolute Gasteiger partial charge is 0.492 e. The summed E-state index contributed by atoms with van der Waals surface area (Å²) in [6, 6.07) is 61.1. The smallest absolute Gasteiger partial charge is 0.0902 e. The summed E-state index contributed by atoms with van der Waals surface area (Å²) in [5.41, 5.74) is 18.5. The molecule has 6 aromatic carbocycles. The third-order valence-electron chi connectivity index (χ3n) is 6.86. The van der Waals surface area contributed by atoms with Crippen LogP contribution in [0.5, 0.6) is 0 Å². The van der Waals surface area contributed by atoms with Gasteiger partial charge in [0.15, 0.2) is 0 Å². The van der Waals surface area contributed by atoms with E-state index in [1.54, 1.807) is 0 Å². The summed E-state index contributed by atoms with van der Waals surface area (Å²) in [7, 11) is -5.82. The number of rotatable bonds is 6. The molecule has 2 nitrogen and oxygen atoms in total. The molecule has 0 bridgehead atoms. The molecule has 0 saturated heterocycles. The van der Waals surface area contributed by atoms with E-state index in [0.29, 0.717) is 0 Å². The number of nitrogens with one attached hydrogen (secondary N) is 2. The Morgan fingerprint density at radius 1 is 0.271 bits per heavy atom. The first-order valence-electron chi connectivity index (χ1n) is 14.4. The zero-order valence-electron chi connectivity index (χ0n) is 25.5. The summed E-state index contributed by atoms with van der Waals surface area (Å²) in [5, 5.41) is 6.57. The van der Waals surface area contributed by atoms with Gasteiger partial charge in [-0.05, 0) is 72.8 Å². The quantitative estimate of drug-likeness (QED) is 0.0907. The van der Waals surface area contributed by atoms with Gasteiger partial charge in [0.05, 0.1) is 31.8 Å². The second kappa shape index (κ2) is 24.5. The van der Waals surface area contributed by atoms with Crippen LogP contribution in [-0.4, -0.2) is 15.7 Å². The monoisotopic (exact) mass is 1560 g/mol. The summed E-state index contributed by atoms with van der Waals surface area (Å²) in [6.07, 6.45) is 0. The number of hydrogen-bond acceptors (Lipinski definition) is 0. The first kappa shape index (κ1) is 44.5. The maximum absolute atomic E-state index is 9.25. The third kappa shape index (κ3) is 14.4. The van der Waals surface area contributed by atoms with Crippen LogP contribution in [0.4, 0.5) is 0 Å². The Hall–Kier alpha value is 2.08. The van der Waals surface area contributed by atoms with Gasteiger partial charge < -0.3 is 11.0 Å². The third-order valence-corrected chi connectivity index (χ3v) is 13.3. The summed E-state index contributed by atoms with van der Waals surface area (Å²) in [5.74, 6) is 0. The molecule has 0 heterocycles. The molecule has 0 aliphatic rings. The van der Waals surface area contributed by atoms with Gasteiger partial charge in [-0.25, -0.2) is 0 Å². The number of halogens is 6. The Balaban J connectivity index is 0.000000213. The van der Waals surface area contributed by atoms with Crippen molar-refractivity contribution in [2.45, 2.75) is 0 Å². The fourth-order valence-corrected chi connectivity index (χ4v) is 10.3. The summed E-state index contributed by atoms with van der Waals surface area (Å²) >= 11 is 15.1. The molecule has 48 heavy (non-hydrogen) atoms. The zero-order chi connectivity index (χ0) is 34.8. The Labute approximate surface area is 360 Å². The van der Waals surface area contributed by atoms with Crippen molar-refractivity contribution in [1.29, 1.82) is 0 Å². The van der Waals surface area contributed by atoms with Gasteiger partial charge in [-0.2, -0.15) is 0 Å². The van der Waals surface area contributed by atoms with E-state index in [0.717, 1.165) is 31.8 Å². The Morgan fingerprint density at radius 2 is 0.375 bits per heavy atom. The summed E-state index contributed by atoms with van der Waals surface area (Å²) < 4.78 is 0. The van der Waals surface area contributed by atoms with Crippen LogP contribution in [0.15, 0.2) is 182 Å². The van der Waals surface area contributed by atoms with Crippen molar-refractivity contribution in [2.24, 2.45) is 0 Å². The maximum Gasteiger partial charge on any atom is 0.0902 e. The molecule has 0 fully saturated rings. The molecule has 246 valence electrons. The molecule has 0 spiro atoms. The van der Waals surface area contributed by atoms with Crippen molar-refractivity contribution in [3.63, 3.8) is 0 Å². The van der Waals surface area contributed by atoms with E-state index in [2.05, 4.69) is 185 Å². The molecule has 12 heteroatoms. The van der Waals surface area contributed by atoms with Gasteiger partial charge in [0.1, 0.15) is 0 Å². The Bertz CT molecular complexity index is 1390. The van der Waals surface area contributed by atoms with Crippen molar-refractivity contribution in [2.75, 3.05) is 0 Å². The molecule has 0 unspecified atom stereocenters. The first-order chi connectivity index (χ1) is 23.1. The second-order valence-corrected chi connectivity index (χ2v) is 145. The molecule has 0 aliphatic heterocycles. The molecule has 2 radical (unpaired) electrons. The molecule has 2 N–H and O–H groups in total. The van der Waals surface area contributed by atoms with Crippen LogP contribution >= 0.6 is 127 Å². The van der Waals surface area contributed by atoms with Crippen LogP contribution in [0.2, 0.25) is 0 Å². The van der Waals surface area contributed by atoms with Crippen molar-refractivity contribution in [1.82, 2.24) is 0 Å². The van der Waals surface area contributed by atoms with Crippen molar-refractivity contribution in [3.05, 3.63) is 193 Å². The van der Waals surface area contributed by atoms with Crippen LogP contribution in [0.25, 0.3) is 11.0 Å². The van der Waals surface area contributed by atoms with Crippen LogP contribution in [0, 0.1) is 0 Å². The van der Waals surface area contributed by atoms with Gasteiger partial charge in [0.2, 0.25) is 0 Å². The van der Waals surface area contributed by atoms with Gasteiger partial charge in [-0.15, -0.1) is 0 Å². The van der Waals surface area contributed by atoms with Crippen molar-refractivity contribution >= 4 is 174 Å². The van der Waals surface area contributed by atoms with E-state index in [-0.39, 0.29) is 0 Å². The van der Waals surface area contributed by atoms with Gasteiger partial charge in [-0.3, -0.25) is 0 Å². The van der Waals surface area contributed by atoms with Crippen LogP contribution in [0.3, 0.4) is 0 Å². The SMILES string of the molecule is [I][Sn]([I])[I].[I][Sn]([I])[I].[NH-][P+](c1ccccc1)(c1ccccc1)c1ccccc1.[NH-][P+](c1ccccc1)(c1ccccc1)c1ccccc1. The molecule has 0 aromatic heterocycles. The zero-order valence-corrected chi connectivity index (χ0v) is 45.9. The summed E-state index contributed by atoms with van der Waals surface area (Å²) in [4.78, 5) is 0. The van der Waals surface area contributed by atoms with E-state index >= 15 is 0 Å². The fourth-order valence-electron chi connectivity index (χ4n) is 4.80. The summed E-state index contributed by atoms with van der Waals surface area (Å²) in [6.45, 7) is 0. The molecule has 6 rings (SSSR count). The number of hydrogen-bond donors (Lipinski definition) is 0. The maximum atomic E-state index is 9.25. The molecular weight excluding hydrogens is 1520 g/mol. The molecule has 0 amide bonds. The molecule has 6 aromatic rings. The van der Waals surface area contributed by atoms with Gasteiger partial charge in [0, 0.05) is 14.8 Å². The van der Waals surface area contributed by atoms with E-state index in [9.17, 15) is 11.0 Å². The number of benzene rings is 6. The minimum atomic E-state index is -2.28. The Kier molecular flexibility index (Phi) is 22.7. The normalized spacial score (nSPS) is 10.9. The molecule has 0 aliphatic carbocycles. The van der Waals surface area contributed by atoms with Crippen LogP contribution in [0.1, 0.15) is 0 Å². The molecule has 0 atom stereocenters. The topological polar surface area (TPSA) is 47.6 Å². The van der Waals surface area contributed by atoms with Gasteiger partial charge in [-0.1, -0.05) is 109 Å². The Morgan fingerprint density at radius 3 is 0.479 bits per heavy atom. The minimum Gasteiger partial charge on any atom is -0.492 e. The van der Waals surface area contributed by atoms with E-state index in [1.807, 2.05) is 109 Å². The van der Waals surface area contributed by atoms with Crippen LogP contribution < -0.4 is 31.8 Å². The predicted molar refractivity (Wildman–Crippen MR) is 275 cm³/mol. The standard InChI is InChI=1S/2C18H16NP.6HI.2Sn/c2*19-20(16-10-4-1-5-11-16,17-12-6-2-7-13-17)18-14-8-3-9-15-18;;;;;;;;/h2*1-15,19H;6*1H;;/q;;;;;;;;2*+3/p-6.